The van der Waals surface area contributed by atoms with Crippen LogP contribution in [0.5, 0.6) is 5.75 Å². The van der Waals surface area contributed by atoms with Crippen LogP contribution in [0, 0.1) is 6.92 Å². The average molecular weight is 396 g/mol. The number of carbonyl (C=O) groups excluding carboxylic acids is 1. The second-order valence-electron chi connectivity index (χ2n) is 6.38. The van der Waals surface area contributed by atoms with Crippen molar-refractivity contribution < 1.29 is 13.9 Å². The van der Waals surface area contributed by atoms with Gasteiger partial charge in [0.05, 0.1) is 16.1 Å². The number of furan rings is 1. The number of nitrogens with one attached hydrogen (secondary N) is 1. The standard InChI is InChI=1S/C21H18ClN3O3/c1-13-6-5-7-15(22)19(13)27-12-14-10-11-18(28-14)20(26)24-21-23-16-8-3-4-9-17(16)25(21)2/h3-11H,12H2,1-2H3,(H,23,24,26). The van der Waals surface area contributed by atoms with Gasteiger partial charge in [0, 0.05) is 7.05 Å². The number of amides is 1. The summed E-state index contributed by atoms with van der Waals surface area (Å²) in [5.41, 5.74) is 2.67. The van der Waals surface area contributed by atoms with Gasteiger partial charge in [-0.1, -0.05) is 35.9 Å². The molecule has 142 valence electrons. The molecule has 2 aromatic carbocycles. The van der Waals surface area contributed by atoms with Crippen molar-refractivity contribution in [2.75, 3.05) is 5.32 Å². The molecule has 0 fully saturated rings. The van der Waals surface area contributed by atoms with Gasteiger partial charge in [-0.3, -0.25) is 10.1 Å². The zero-order chi connectivity index (χ0) is 19.7. The third kappa shape index (κ3) is 3.46. The molecule has 6 nitrogen and oxygen atoms in total. The molecule has 0 aliphatic rings. The minimum atomic E-state index is -0.376. The van der Waals surface area contributed by atoms with Crippen LogP contribution < -0.4 is 10.1 Å². The fourth-order valence-corrected chi connectivity index (χ4v) is 3.22. The zero-order valence-corrected chi connectivity index (χ0v) is 16.2. The maximum Gasteiger partial charge on any atom is 0.293 e. The molecule has 0 unspecified atom stereocenters. The summed E-state index contributed by atoms with van der Waals surface area (Å²) < 4.78 is 13.2. The number of nitrogens with zero attached hydrogens (tertiary/aromatic N) is 2. The first-order valence-corrected chi connectivity index (χ1v) is 9.10. The highest BCUT2D eigenvalue weighted by molar-refractivity contribution is 6.32. The van der Waals surface area contributed by atoms with E-state index in [9.17, 15) is 4.79 Å². The fourth-order valence-electron chi connectivity index (χ4n) is 2.94. The Morgan fingerprint density at radius 3 is 2.79 bits per heavy atom. The molecule has 0 radical (unpaired) electrons. The van der Waals surface area contributed by atoms with Crippen LogP contribution in [-0.2, 0) is 13.7 Å². The molecule has 1 N–H and O–H groups in total. The number of aryl methyl sites for hydroxylation is 2. The summed E-state index contributed by atoms with van der Waals surface area (Å²) in [5.74, 6) is 1.38. The number of hydrogen-bond acceptors (Lipinski definition) is 4. The van der Waals surface area contributed by atoms with Crippen LogP contribution in [0.15, 0.2) is 59.0 Å². The molecule has 0 spiro atoms. The molecular weight excluding hydrogens is 378 g/mol. The highest BCUT2D eigenvalue weighted by atomic mass is 35.5. The van der Waals surface area contributed by atoms with E-state index < -0.39 is 0 Å². The number of aromatic nitrogens is 2. The van der Waals surface area contributed by atoms with Gasteiger partial charge in [-0.2, -0.15) is 0 Å². The number of halogens is 1. The maximum atomic E-state index is 12.5. The number of benzene rings is 2. The molecule has 1 amide bonds. The molecule has 0 aliphatic carbocycles. The van der Waals surface area contributed by atoms with Crippen molar-refractivity contribution in [3.63, 3.8) is 0 Å². The highest BCUT2D eigenvalue weighted by Gasteiger charge is 2.16. The van der Waals surface area contributed by atoms with Crippen molar-refractivity contribution >= 4 is 34.5 Å². The van der Waals surface area contributed by atoms with Crippen molar-refractivity contribution in [2.45, 2.75) is 13.5 Å². The molecule has 7 heteroatoms. The SMILES string of the molecule is Cc1cccc(Cl)c1OCc1ccc(C(=O)Nc2nc3ccccc3n2C)o1. The molecule has 28 heavy (non-hydrogen) atoms. The Balaban J connectivity index is 1.46. The van der Waals surface area contributed by atoms with E-state index in [0.29, 0.717) is 22.5 Å². The lowest BCUT2D eigenvalue weighted by molar-refractivity contribution is 0.0991. The molecule has 4 aromatic rings. The van der Waals surface area contributed by atoms with Crippen molar-refractivity contribution in [3.8, 4) is 5.75 Å². The minimum Gasteiger partial charge on any atom is -0.484 e. The van der Waals surface area contributed by atoms with Gasteiger partial charge in [-0.05, 0) is 42.8 Å². The van der Waals surface area contributed by atoms with E-state index in [2.05, 4.69) is 10.3 Å². The van der Waals surface area contributed by atoms with Gasteiger partial charge < -0.3 is 13.7 Å². The highest BCUT2D eigenvalue weighted by Crippen LogP contribution is 2.29. The third-order valence-corrected chi connectivity index (χ3v) is 4.72. The Morgan fingerprint density at radius 2 is 2.00 bits per heavy atom. The van der Waals surface area contributed by atoms with E-state index in [-0.39, 0.29) is 18.3 Å². The normalized spacial score (nSPS) is 11.0. The maximum absolute atomic E-state index is 12.5. The van der Waals surface area contributed by atoms with Crippen LogP contribution in [0.25, 0.3) is 11.0 Å². The average Bonchev–Trinajstić information content (AvgIpc) is 3.27. The van der Waals surface area contributed by atoms with Crippen LogP contribution in [0.2, 0.25) is 5.02 Å². The number of carbonyl (C=O) groups is 1. The first-order valence-electron chi connectivity index (χ1n) is 8.72. The smallest absolute Gasteiger partial charge is 0.293 e. The van der Waals surface area contributed by atoms with Crippen LogP contribution in [0.3, 0.4) is 0 Å². The van der Waals surface area contributed by atoms with Gasteiger partial charge in [-0.25, -0.2) is 4.98 Å². The Bertz CT molecular complexity index is 1140. The fraction of sp³-hybridized carbons (Fsp3) is 0.143. The van der Waals surface area contributed by atoms with Gasteiger partial charge in [0.15, 0.2) is 5.76 Å². The minimum absolute atomic E-state index is 0.171. The van der Waals surface area contributed by atoms with Gasteiger partial charge >= 0.3 is 0 Å². The van der Waals surface area contributed by atoms with Gasteiger partial charge in [0.25, 0.3) is 5.91 Å². The summed E-state index contributed by atoms with van der Waals surface area (Å²) in [7, 11) is 1.85. The van der Waals surface area contributed by atoms with Crippen LogP contribution >= 0.6 is 11.6 Å². The number of anilines is 1. The van der Waals surface area contributed by atoms with E-state index in [1.54, 1.807) is 18.2 Å². The largest absolute Gasteiger partial charge is 0.484 e. The monoisotopic (exact) mass is 395 g/mol. The quantitative estimate of drug-likeness (QED) is 0.518. The molecule has 0 saturated heterocycles. The third-order valence-electron chi connectivity index (χ3n) is 4.42. The number of rotatable bonds is 5. The molecule has 0 saturated carbocycles. The molecule has 2 heterocycles. The Morgan fingerprint density at radius 1 is 1.18 bits per heavy atom. The Hall–Kier alpha value is -3.25. The molecule has 4 rings (SSSR count). The van der Waals surface area contributed by atoms with Crippen LogP contribution in [0.1, 0.15) is 21.9 Å². The van der Waals surface area contributed by atoms with Gasteiger partial charge in [-0.15, -0.1) is 0 Å². The second-order valence-corrected chi connectivity index (χ2v) is 6.78. The molecule has 2 aromatic heterocycles. The van der Waals surface area contributed by atoms with E-state index in [1.165, 1.54) is 0 Å². The predicted octanol–water partition coefficient (Wildman–Crippen LogP) is 4.96. The molecule has 0 bridgehead atoms. The summed E-state index contributed by atoms with van der Waals surface area (Å²) in [4.78, 5) is 16.9. The Kier molecular flexibility index (Phi) is 4.79. The first kappa shape index (κ1) is 18.1. The lowest BCUT2D eigenvalue weighted by atomic mass is 10.2. The summed E-state index contributed by atoms with van der Waals surface area (Å²) in [6.07, 6.45) is 0. The number of ether oxygens (including phenoxy) is 1. The number of para-hydroxylation sites is 3. The lowest BCUT2D eigenvalue weighted by Crippen LogP contribution is -2.14. The van der Waals surface area contributed by atoms with Crippen LogP contribution in [-0.4, -0.2) is 15.5 Å². The summed E-state index contributed by atoms with van der Waals surface area (Å²) >= 11 is 6.16. The van der Waals surface area contributed by atoms with E-state index in [1.807, 2.05) is 54.9 Å². The number of hydrogen-bond donors (Lipinski definition) is 1. The lowest BCUT2D eigenvalue weighted by Gasteiger charge is -2.09. The van der Waals surface area contributed by atoms with E-state index in [0.717, 1.165) is 16.6 Å². The van der Waals surface area contributed by atoms with Crippen molar-refractivity contribution in [1.82, 2.24) is 9.55 Å². The van der Waals surface area contributed by atoms with Crippen molar-refractivity contribution in [3.05, 3.63) is 76.7 Å². The zero-order valence-electron chi connectivity index (χ0n) is 15.4. The van der Waals surface area contributed by atoms with Crippen molar-refractivity contribution in [2.24, 2.45) is 7.05 Å². The topological polar surface area (TPSA) is 69.3 Å². The Labute approximate surface area is 166 Å². The summed E-state index contributed by atoms with van der Waals surface area (Å²) in [5, 5.41) is 3.31. The first-order chi connectivity index (χ1) is 13.5. The molecular formula is C21H18ClN3O3. The number of imidazole rings is 1. The summed E-state index contributed by atoms with van der Waals surface area (Å²) in [6, 6.07) is 16.5. The van der Waals surface area contributed by atoms with E-state index >= 15 is 0 Å². The second kappa shape index (κ2) is 7.40. The van der Waals surface area contributed by atoms with Gasteiger partial charge in [0.2, 0.25) is 5.95 Å². The van der Waals surface area contributed by atoms with Crippen molar-refractivity contribution in [1.29, 1.82) is 0 Å². The number of fused-ring (bicyclic) bond motifs is 1. The summed E-state index contributed by atoms with van der Waals surface area (Å²) in [6.45, 7) is 2.09. The predicted molar refractivity (Wildman–Crippen MR) is 108 cm³/mol. The molecule has 0 atom stereocenters. The van der Waals surface area contributed by atoms with E-state index in [4.69, 9.17) is 20.8 Å². The van der Waals surface area contributed by atoms with Gasteiger partial charge in [0.1, 0.15) is 18.1 Å². The molecule has 0 aliphatic heterocycles. The van der Waals surface area contributed by atoms with Crippen LogP contribution in [0.4, 0.5) is 5.95 Å².